The van der Waals surface area contributed by atoms with Crippen LogP contribution in [0.3, 0.4) is 0 Å². The van der Waals surface area contributed by atoms with Crippen LogP contribution in [0.2, 0.25) is 0 Å². The molecule has 162 valence electrons. The molecule has 0 bridgehead atoms. The van der Waals surface area contributed by atoms with Crippen molar-refractivity contribution in [2.24, 2.45) is 0 Å². The van der Waals surface area contributed by atoms with Gasteiger partial charge in [-0.05, 0) is 42.8 Å². The van der Waals surface area contributed by atoms with Crippen LogP contribution < -0.4 is 20.5 Å². The molecular weight excluding hydrogens is 398 g/mol. The number of H-pyrrole nitrogens is 2. The molecule has 0 spiro atoms. The first-order valence-electron chi connectivity index (χ1n) is 10.4. The molecule has 1 atom stereocenters. The number of carbonyl (C=O) groups is 1. The summed E-state index contributed by atoms with van der Waals surface area (Å²) in [5, 5.41) is 2.96. The van der Waals surface area contributed by atoms with Crippen LogP contribution >= 0.6 is 0 Å². The summed E-state index contributed by atoms with van der Waals surface area (Å²) in [6.07, 6.45) is 0. The van der Waals surface area contributed by atoms with Crippen LogP contribution in [0, 0.1) is 0 Å². The molecule has 3 N–H and O–H groups in total. The van der Waals surface area contributed by atoms with E-state index in [1.54, 1.807) is 18.2 Å². The highest BCUT2D eigenvalue weighted by Gasteiger charge is 2.26. The third-order valence-electron chi connectivity index (χ3n) is 5.96. The monoisotopic (exact) mass is 423 g/mol. The van der Waals surface area contributed by atoms with Crippen LogP contribution in [-0.4, -0.2) is 64.7 Å². The average molecular weight is 423 g/mol. The molecule has 5 rings (SSSR count). The second-order valence-electron chi connectivity index (χ2n) is 8.00. The van der Waals surface area contributed by atoms with E-state index < -0.39 is 0 Å². The Morgan fingerprint density at radius 1 is 1.03 bits per heavy atom. The van der Waals surface area contributed by atoms with Gasteiger partial charge in [-0.15, -0.1) is 0 Å². The van der Waals surface area contributed by atoms with Crippen LogP contribution in [0.25, 0.3) is 11.0 Å². The summed E-state index contributed by atoms with van der Waals surface area (Å²) in [6.45, 7) is 6.49. The maximum atomic E-state index is 12.8. The zero-order valence-electron chi connectivity index (χ0n) is 17.3. The van der Waals surface area contributed by atoms with Crippen molar-refractivity contribution in [3.8, 4) is 11.5 Å². The highest BCUT2D eigenvalue weighted by molar-refractivity contribution is 5.96. The standard InChI is InChI=1S/C22H25N5O4/c1-14(21(28)23-16-3-4-17-18(11-16)25-22(29)24-17)27-8-6-26(7-9-27)12-15-2-5-19-20(10-15)31-13-30-19/h2-5,10-11,14H,6-9,12-13H2,1H3,(H,23,28)(H2,24,25,29)/t14-/m1/s1. The van der Waals surface area contributed by atoms with Crippen molar-refractivity contribution in [3.63, 3.8) is 0 Å². The van der Waals surface area contributed by atoms with Gasteiger partial charge in [0.05, 0.1) is 17.1 Å². The lowest BCUT2D eigenvalue weighted by Crippen LogP contribution is -2.52. The van der Waals surface area contributed by atoms with Gasteiger partial charge in [-0.3, -0.25) is 14.6 Å². The highest BCUT2D eigenvalue weighted by Crippen LogP contribution is 2.32. The largest absolute Gasteiger partial charge is 0.454 e. The number of piperazine rings is 1. The Kier molecular flexibility index (Phi) is 5.13. The maximum Gasteiger partial charge on any atom is 0.323 e. The predicted molar refractivity (Wildman–Crippen MR) is 116 cm³/mol. The van der Waals surface area contributed by atoms with Crippen LogP contribution in [0.4, 0.5) is 5.69 Å². The maximum absolute atomic E-state index is 12.8. The van der Waals surface area contributed by atoms with Crippen LogP contribution in [-0.2, 0) is 11.3 Å². The fourth-order valence-corrected chi connectivity index (χ4v) is 4.13. The minimum Gasteiger partial charge on any atom is -0.454 e. The molecule has 3 aromatic rings. The Labute approximate surface area is 178 Å². The Morgan fingerprint density at radius 2 is 1.81 bits per heavy atom. The van der Waals surface area contributed by atoms with E-state index in [4.69, 9.17) is 9.47 Å². The number of nitrogens with zero attached hydrogens (tertiary/aromatic N) is 2. The summed E-state index contributed by atoms with van der Waals surface area (Å²) in [5.41, 5.74) is 3.00. The minimum atomic E-state index is -0.259. The van der Waals surface area contributed by atoms with E-state index in [1.807, 2.05) is 19.1 Å². The number of hydrogen-bond donors (Lipinski definition) is 3. The number of hydrogen-bond acceptors (Lipinski definition) is 6. The number of benzene rings is 2. The molecule has 0 radical (unpaired) electrons. The van der Waals surface area contributed by atoms with Crippen molar-refractivity contribution in [2.75, 3.05) is 38.3 Å². The molecule has 0 unspecified atom stereocenters. The smallest absolute Gasteiger partial charge is 0.323 e. The van der Waals surface area contributed by atoms with Crippen LogP contribution in [0.15, 0.2) is 41.2 Å². The molecule has 0 saturated carbocycles. The molecule has 1 aromatic heterocycles. The van der Waals surface area contributed by atoms with Gasteiger partial charge < -0.3 is 24.8 Å². The van der Waals surface area contributed by atoms with Gasteiger partial charge in [0, 0.05) is 38.4 Å². The van der Waals surface area contributed by atoms with Crippen molar-refractivity contribution in [3.05, 3.63) is 52.4 Å². The minimum absolute atomic E-state index is 0.0542. The quantitative estimate of drug-likeness (QED) is 0.578. The number of aromatic amines is 2. The van der Waals surface area contributed by atoms with Gasteiger partial charge in [-0.25, -0.2) is 4.79 Å². The normalized spacial score (nSPS) is 17.7. The second kappa shape index (κ2) is 8.09. The molecule has 0 aliphatic carbocycles. The number of amides is 1. The number of rotatable bonds is 5. The van der Waals surface area contributed by atoms with E-state index in [0.717, 1.165) is 49.7 Å². The van der Waals surface area contributed by atoms with Crippen LogP contribution in [0.1, 0.15) is 12.5 Å². The summed E-state index contributed by atoms with van der Waals surface area (Å²) in [7, 11) is 0. The van der Waals surface area contributed by atoms with E-state index in [0.29, 0.717) is 11.2 Å². The first-order chi connectivity index (χ1) is 15.0. The lowest BCUT2D eigenvalue weighted by atomic mass is 10.1. The number of carbonyl (C=O) groups excluding carboxylic acids is 1. The van der Waals surface area contributed by atoms with Gasteiger partial charge in [0.2, 0.25) is 12.7 Å². The third kappa shape index (κ3) is 4.14. The summed E-state index contributed by atoms with van der Waals surface area (Å²) in [6, 6.07) is 11.2. The lowest BCUT2D eigenvalue weighted by molar-refractivity contribution is -0.121. The van der Waals surface area contributed by atoms with Gasteiger partial charge in [0.25, 0.3) is 0 Å². The molecule has 31 heavy (non-hydrogen) atoms. The summed E-state index contributed by atoms with van der Waals surface area (Å²) in [5.74, 6) is 1.56. The van der Waals surface area contributed by atoms with Gasteiger partial charge in [-0.2, -0.15) is 0 Å². The Bertz CT molecular complexity index is 1160. The number of aromatic nitrogens is 2. The topological polar surface area (TPSA) is 103 Å². The summed E-state index contributed by atoms with van der Waals surface area (Å²) in [4.78, 5) is 34.2. The molecule has 2 aliphatic heterocycles. The van der Waals surface area contributed by atoms with Gasteiger partial charge in [-0.1, -0.05) is 6.07 Å². The first kappa shape index (κ1) is 19.7. The van der Waals surface area contributed by atoms with E-state index in [-0.39, 0.29) is 24.4 Å². The highest BCUT2D eigenvalue weighted by atomic mass is 16.7. The molecule has 1 saturated heterocycles. The summed E-state index contributed by atoms with van der Waals surface area (Å²) < 4.78 is 10.8. The molecule has 9 nitrogen and oxygen atoms in total. The SMILES string of the molecule is C[C@H](C(=O)Nc1ccc2[nH]c(=O)[nH]c2c1)N1CCN(Cc2ccc3c(c2)OCO3)CC1. The molecule has 9 heteroatoms. The lowest BCUT2D eigenvalue weighted by Gasteiger charge is -2.37. The first-order valence-corrected chi connectivity index (χ1v) is 10.4. The van der Waals surface area contributed by atoms with Gasteiger partial charge in [0.1, 0.15) is 0 Å². The predicted octanol–water partition coefficient (Wildman–Crippen LogP) is 1.73. The molecule has 1 fully saturated rings. The zero-order valence-corrected chi connectivity index (χ0v) is 17.3. The van der Waals surface area contributed by atoms with E-state index in [9.17, 15) is 9.59 Å². The second-order valence-corrected chi connectivity index (χ2v) is 8.00. The van der Waals surface area contributed by atoms with E-state index in [2.05, 4.69) is 31.2 Å². The number of anilines is 1. The molecule has 3 heterocycles. The molecule has 2 aromatic carbocycles. The van der Waals surface area contributed by atoms with Gasteiger partial charge in [0.15, 0.2) is 11.5 Å². The van der Waals surface area contributed by atoms with Crippen LogP contribution in [0.5, 0.6) is 11.5 Å². The Hall–Kier alpha value is -3.30. The Balaban J connectivity index is 1.15. The fourth-order valence-electron chi connectivity index (χ4n) is 4.13. The van der Waals surface area contributed by atoms with Crippen molar-refractivity contribution in [1.29, 1.82) is 0 Å². The fraction of sp³-hybridized carbons (Fsp3) is 0.364. The van der Waals surface area contributed by atoms with Crippen molar-refractivity contribution < 1.29 is 14.3 Å². The number of imidazole rings is 1. The summed E-state index contributed by atoms with van der Waals surface area (Å²) >= 11 is 0. The molecule has 2 aliphatic rings. The number of ether oxygens (including phenoxy) is 2. The van der Waals surface area contributed by atoms with E-state index in [1.165, 1.54) is 5.56 Å². The zero-order chi connectivity index (χ0) is 21.4. The number of nitrogens with one attached hydrogen (secondary N) is 3. The average Bonchev–Trinajstić information content (AvgIpc) is 3.38. The van der Waals surface area contributed by atoms with Crippen molar-refractivity contribution in [1.82, 2.24) is 19.8 Å². The Morgan fingerprint density at radius 3 is 2.65 bits per heavy atom. The van der Waals surface area contributed by atoms with Crippen molar-refractivity contribution >= 4 is 22.6 Å². The third-order valence-corrected chi connectivity index (χ3v) is 5.96. The molecular formula is C22H25N5O4. The van der Waals surface area contributed by atoms with E-state index >= 15 is 0 Å². The van der Waals surface area contributed by atoms with Gasteiger partial charge >= 0.3 is 5.69 Å². The van der Waals surface area contributed by atoms with Crippen molar-refractivity contribution in [2.45, 2.75) is 19.5 Å². The number of fused-ring (bicyclic) bond motifs is 2. The molecule has 1 amide bonds.